The number of para-hydroxylation sites is 2. The molecule has 0 spiro atoms. The van der Waals surface area contributed by atoms with Crippen LogP contribution >= 0.6 is 0 Å². The first-order valence-corrected chi connectivity index (χ1v) is 24.5. The van der Waals surface area contributed by atoms with Crippen LogP contribution in [0.4, 0.5) is 0 Å². The van der Waals surface area contributed by atoms with E-state index in [1.165, 1.54) is 66.1 Å². The van der Waals surface area contributed by atoms with Gasteiger partial charge in [0.05, 0.1) is 33.4 Å². The number of nitrogens with zero attached hydrogens (tertiary/aromatic N) is 6. The van der Waals surface area contributed by atoms with E-state index in [2.05, 4.69) is 207 Å². The lowest BCUT2D eigenvalue weighted by atomic mass is 9.97. The van der Waals surface area contributed by atoms with Crippen molar-refractivity contribution in [1.82, 2.24) is 29.1 Å². The largest absolute Gasteiger partial charge is 0.309 e. The van der Waals surface area contributed by atoms with E-state index in [1.807, 2.05) is 48.8 Å². The number of hydrogen-bond acceptors (Lipinski definition) is 4. The molecular weight excluding hydrogens is 877 g/mol. The molecule has 0 aliphatic rings. The number of aryl methyl sites for hydroxylation is 4. The lowest BCUT2D eigenvalue weighted by molar-refractivity contribution is 1.07. The predicted octanol–water partition coefficient (Wildman–Crippen LogP) is 16.7. The predicted molar refractivity (Wildman–Crippen MR) is 298 cm³/mol. The van der Waals surface area contributed by atoms with Crippen LogP contribution < -0.4 is 0 Å². The first kappa shape index (κ1) is 42.8. The van der Waals surface area contributed by atoms with Crippen LogP contribution in [0.25, 0.3) is 123 Å². The van der Waals surface area contributed by atoms with E-state index >= 15 is 0 Å². The normalized spacial score (nSPS) is 11.6. The van der Waals surface area contributed by atoms with Gasteiger partial charge in [0.2, 0.25) is 0 Å². The molecule has 0 atom stereocenters. The summed E-state index contributed by atoms with van der Waals surface area (Å²) >= 11 is 0. The Morgan fingerprint density at radius 1 is 0.306 bits per heavy atom. The summed E-state index contributed by atoms with van der Waals surface area (Å²) in [5.41, 5.74) is 21.0. The third-order valence-corrected chi connectivity index (χ3v) is 14.3. The topological polar surface area (TPSA) is 61.4 Å². The molecular formula is C66H48N6. The van der Waals surface area contributed by atoms with Gasteiger partial charge < -0.3 is 9.13 Å². The SMILES string of the molecule is Cc1ccc(-c2ccc3c(c2)c2ccccc2n3-c2ccncc2-c2cc(-c3nc(-c4ccccc4)nc(-c4ccccc4)n3)ccc2-n2c3ccccc3c3cc(-c4ccc(C)cc4C)ccc32)c(C)c1. The smallest absolute Gasteiger partial charge is 0.164 e. The molecule has 0 saturated carbocycles. The molecule has 6 heteroatoms. The first-order chi connectivity index (χ1) is 35.3. The maximum Gasteiger partial charge on any atom is 0.164 e. The van der Waals surface area contributed by atoms with Gasteiger partial charge in [-0.25, -0.2) is 15.0 Å². The summed E-state index contributed by atoms with van der Waals surface area (Å²) in [6.45, 7) is 8.71. The van der Waals surface area contributed by atoms with Crippen LogP contribution in [0, 0.1) is 27.7 Å². The van der Waals surface area contributed by atoms with Gasteiger partial charge in [-0.2, -0.15) is 0 Å². The number of pyridine rings is 1. The average Bonchev–Trinajstić information content (AvgIpc) is 3.93. The van der Waals surface area contributed by atoms with Gasteiger partial charge in [-0.05, 0) is 122 Å². The van der Waals surface area contributed by atoms with Crippen molar-refractivity contribution >= 4 is 43.6 Å². The lowest BCUT2D eigenvalue weighted by Gasteiger charge is -2.19. The van der Waals surface area contributed by atoms with E-state index in [0.717, 1.165) is 61.3 Å². The zero-order chi connectivity index (χ0) is 48.5. The molecule has 0 fully saturated rings. The molecule has 72 heavy (non-hydrogen) atoms. The Morgan fingerprint density at radius 3 is 1.26 bits per heavy atom. The fraction of sp³-hybridized carbons (Fsp3) is 0.0606. The van der Waals surface area contributed by atoms with Crippen molar-refractivity contribution in [1.29, 1.82) is 0 Å². The van der Waals surface area contributed by atoms with Gasteiger partial charge in [-0.15, -0.1) is 0 Å². The van der Waals surface area contributed by atoms with E-state index in [4.69, 9.17) is 19.9 Å². The fourth-order valence-corrected chi connectivity index (χ4v) is 10.9. The van der Waals surface area contributed by atoms with E-state index in [9.17, 15) is 0 Å². The summed E-state index contributed by atoms with van der Waals surface area (Å²) in [7, 11) is 0. The second kappa shape index (κ2) is 17.3. The molecule has 0 unspecified atom stereocenters. The number of aromatic nitrogens is 6. The van der Waals surface area contributed by atoms with Crippen molar-refractivity contribution in [3.8, 4) is 78.9 Å². The minimum atomic E-state index is 0.581. The van der Waals surface area contributed by atoms with Crippen molar-refractivity contribution in [2.75, 3.05) is 0 Å². The summed E-state index contributed by atoms with van der Waals surface area (Å²) in [5, 5.41) is 4.74. The van der Waals surface area contributed by atoms with E-state index < -0.39 is 0 Å². The summed E-state index contributed by atoms with van der Waals surface area (Å²) in [5.74, 6) is 1.80. The fourth-order valence-electron chi connectivity index (χ4n) is 10.9. The van der Waals surface area contributed by atoms with E-state index in [0.29, 0.717) is 17.5 Å². The maximum absolute atomic E-state index is 5.23. The van der Waals surface area contributed by atoms with Crippen LogP contribution in [0.2, 0.25) is 0 Å². The summed E-state index contributed by atoms with van der Waals surface area (Å²) in [6.07, 6.45) is 3.93. The van der Waals surface area contributed by atoms with Gasteiger partial charge in [0.25, 0.3) is 0 Å². The van der Waals surface area contributed by atoms with Crippen molar-refractivity contribution in [3.63, 3.8) is 0 Å². The molecule has 4 heterocycles. The molecule has 0 bridgehead atoms. The third-order valence-electron chi connectivity index (χ3n) is 14.3. The van der Waals surface area contributed by atoms with Crippen molar-refractivity contribution < 1.29 is 0 Å². The Bertz CT molecular complexity index is 4200. The van der Waals surface area contributed by atoms with Crippen molar-refractivity contribution in [3.05, 3.63) is 241 Å². The Balaban J connectivity index is 1.08. The number of benzene rings is 9. The van der Waals surface area contributed by atoms with Crippen LogP contribution in [0.5, 0.6) is 0 Å². The van der Waals surface area contributed by atoms with Crippen LogP contribution in [-0.4, -0.2) is 29.1 Å². The molecule has 0 amide bonds. The highest BCUT2D eigenvalue weighted by Gasteiger charge is 2.23. The van der Waals surface area contributed by atoms with Gasteiger partial charge in [0.15, 0.2) is 17.5 Å². The molecule has 0 radical (unpaired) electrons. The highest BCUT2D eigenvalue weighted by molar-refractivity contribution is 6.13. The lowest BCUT2D eigenvalue weighted by Crippen LogP contribution is -2.04. The average molecular weight is 925 g/mol. The number of rotatable bonds is 8. The molecule has 342 valence electrons. The quantitative estimate of drug-likeness (QED) is 0.152. The Morgan fingerprint density at radius 2 is 0.750 bits per heavy atom. The summed E-state index contributed by atoms with van der Waals surface area (Å²) in [6, 6.07) is 73.9. The molecule has 9 aromatic carbocycles. The zero-order valence-electron chi connectivity index (χ0n) is 40.5. The van der Waals surface area contributed by atoms with Crippen LogP contribution in [0.15, 0.2) is 219 Å². The molecule has 13 aromatic rings. The summed E-state index contributed by atoms with van der Waals surface area (Å²) < 4.78 is 4.84. The molecule has 4 aromatic heterocycles. The third kappa shape index (κ3) is 7.26. The van der Waals surface area contributed by atoms with Gasteiger partial charge in [-0.3, -0.25) is 4.98 Å². The van der Waals surface area contributed by atoms with Gasteiger partial charge in [0, 0.05) is 61.8 Å². The highest BCUT2D eigenvalue weighted by atomic mass is 15.0. The van der Waals surface area contributed by atoms with Crippen LogP contribution in [0.3, 0.4) is 0 Å². The minimum Gasteiger partial charge on any atom is -0.309 e. The van der Waals surface area contributed by atoms with Gasteiger partial charge in [0.1, 0.15) is 0 Å². The second-order valence-electron chi connectivity index (χ2n) is 19.0. The molecule has 0 aliphatic carbocycles. The number of hydrogen-bond donors (Lipinski definition) is 0. The molecule has 0 saturated heterocycles. The van der Waals surface area contributed by atoms with E-state index in [-0.39, 0.29) is 0 Å². The molecule has 0 aliphatic heterocycles. The first-order valence-electron chi connectivity index (χ1n) is 24.5. The van der Waals surface area contributed by atoms with Crippen LogP contribution in [0.1, 0.15) is 22.3 Å². The Labute approximate surface area is 418 Å². The second-order valence-corrected chi connectivity index (χ2v) is 19.0. The Kier molecular flexibility index (Phi) is 10.3. The highest BCUT2D eigenvalue weighted by Crippen LogP contribution is 2.43. The standard InChI is InChI=1S/C66H48N6/c1-41-23-28-50(43(3)35-41)47-25-30-60-54(37-47)52-19-11-13-21-58(52)71(60)62-32-27-49(66-69-64(45-15-7-5-8-16-45)68-65(70-66)46-17-9-6-10-18-46)39-56(62)57-40-67-34-33-63(57)72-59-22-14-12-20-53(59)55-38-48(26-31-61(55)72)51-29-24-42(2)36-44(51)4/h5-40H,1-4H3. The number of fused-ring (bicyclic) bond motifs is 6. The maximum atomic E-state index is 5.23. The molecule has 0 N–H and O–H groups in total. The molecule has 13 rings (SSSR count). The molecule has 6 nitrogen and oxygen atoms in total. The van der Waals surface area contributed by atoms with Crippen LogP contribution in [-0.2, 0) is 0 Å². The Hall–Kier alpha value is -9.26. The van der Waals surface area contributed by atoms with Gasteiger partial charge in [-0.1, -0.05) is 157 Å². The van der Waals surface area contributed by atoms with Crippen molar-refractivity contribution in [2.45, 2.75) is 27.7 Å². The van der Waals surface area contributed by atoms with E-state index in [1.54, 1.807) is 0 Å². The monoisotopic (exact) mass is 924 g/mol. The van der Waals surface area contributed by atoms with Gasteiger partial charge >= 0.3 is 0 Å². The minimum absolute atomic E-state index is 0.581. The van der Waals surface area contributed by atoms with Crippen molar-refractivity contribution in [2.24, 2.45) is 0 Å². The zero-order valence-corrected chi connectivity index (χ0v) is 40.5. The summed E-state index contributed by atoms with van der Waals surface area (Å²) in [4.78, 5) is 20.4.